The fourth-order valence-electron chi connectivity index (χ4n) is 2.17. The second-order valence-electron chi connectivity index (χ2n) is 5.22. The molecule has 0 aromatic heterocycles. The zero-order chi connectivity index (χ0) is 13.6. The lowest BCUT2D eigenvalue weighted by Crippen LogP contribution is -2.12. The number of rotatable bonds is 13. The maximum Gasteiger partial charge on any atom is 0.305 e. The third kappa shape index (κ3) is 13.5. The SMILES string of the molecule is CCCCCCCCCCCCC(O)CC(=O)O. The standard InChI is InChI=1S/C15H30O3/c1-2-3-4-5-6-7-8-9-10-11-12-14(16)13-15(17)18/h14,16H,2-13H2,1H3,(H,17,18). The van der Waals surface area contributed by atoms with Gasteiger partial charge < -0.3 is 10.2 Å². The molecule has 2 N–H and O–H groups in total. The van der Waals surface area contributed by atoms with Gasteiger partial charge in [-0.25, -0.2) is 0 Å². The normalized spacial score (nSPS) is 12.6. The highest BCUT2D eigenvalue weighted by Gasteiger charge is 2.08. The van der Waals surface area contributed by atoms with Crippen LogP contribution in [0.4, 0.5) is 0 Å². The summed E-state index contributed by atoms with van der Waals surface area (Å²) in [4.78, 5) is 10.3. The molecule has 0 bridgehead atoms. The Labute approximate surface area is 112 Å². The van der Waals surface area contributed by atoms with E-state index in [0.29, 0.717) is 6.42 Å². The minimum absolute atomic E-state index is 0.114. The zero-order valence-corrected chi connectivity index (χ0v) is 11.9. The molecule has 0 saturated carbocycles. The lowest BCUT2D eigenvalue weighted by Gasteiger charge is -2.07. The number of carbonyl (C=O) groups is 1. The van der Waals surface area contributed by atoms with Crippen LogP contribution in [0.1, 0.15) is 84.0 Å². The van der Waals surface area contributed by atoms with E-state index in [1.54, 1.807) is 0 Å². The van der Waals surface area contributed by atoms with Gasteiger partial charge in [-0.15, -0.1) is 0 Å². The van der Waals surface area contributed by atoms with Crippen molar-refractivity contribution in [2.75, 3.05) is 0 Å². The highest BCUT2D eigenvalue weighted by Crippen LogP contribution is 2.12. The highest BCUT2D eigenvalue weighted by atomic mass is 16.4. The van der Waals surface area contributed by atoms with Crippen molar-refractivity contribution in [2.45, 2.75) is 90.1 Å². The molecular weight excluding hydrogens is 228 g/mol. The van der Waals surface area contributed by atoms with Crippen LogP contribution in [0, 0.1) is 0 Å². The molecule has 3 heteroatoms. The van der Waals surface area contributed by atoms with Crippen LogP contribution in [0.25, 0.3) is 0 Å². The molecule has 0 aromatic rings. The van der Waals surface area contributed by atoms with Gasteiger partial charge in [0, 0.05) is 0 Å². The van der Waals surface area contributed by atoms with E-state index in [2.05, 4.69) is 6.92 Å². The Balaban J connectivity index is 3.09. The Morgan fingerprint density at radius 2 is 1.33 bits per heavy atom. The molecule has 0 rings (SSSR count). The maximum atomic E-state index is 10.3. The molecule has 18 heavy (non-hydrogen) atoms. The van der Waals surface area contributed by atoms with E-state index in [4.69, 9.17) is 5.11 Å². The second-order valence-corrected chi connectivity index (χ2v) is 5.22. The van der Waals surface area contributed by atoms with Crippen molar-refractivity contribution >= 4 is 5.97 Å². The van der Waals surface area contributed by atoms with E-state index in [-0.39, 0.29) is 6.42 Å². The summed E-state index contributed by atoms with van der Waals surface area (Å²) in [5, 5.41) is 17.8. The molecule has 0 aliphatic rings. The Morgan fingerprint density at radius 1 is 0.889 bits per heavy atom. The molecule has 0 amide bonds. The first-order chi connectivity index (χ1) is 8.66. The third-order valence-electron chi connectivity index (χ3n) is 3.30. The topological polar surface area (TPSA) is 57.5 Å². The molecule has 0 aliphatic carbocycles. The van der Waals surface area contributed by atoms with Gasteiger partial charge in [0.05, 0.1) is 12.5 Å². The van der Waals surface area contributed by atoms with Gasteiger partial charge in [-0.3, -0.25) is 4.79 Å². The smallest absolute Gasteiger partial charge is 0.305 e. The number of carboxylic acids is 1. The van der Waals surface area contributed by atoms with E-state index in [0.717, 1.165) is 12.8 Å². The highest BCUT2D eigenvalue weighted by molar-refractivity contribution is 5.67. The summed E-state index contributed by atoms with van der Waals surface area (Å²) < 4.78 is 0. The summed E-state index contributed by atoms with van der Waals surface area (Å²) in [7, 11) is 0. The first-order valence-corrected chi connectivity index (χ1v) is 7.56. The van der Waals surface area contributed by atoms with Crippen molar-refractivity contribution in [1.82, 2.24) is 0 Å². The first kappa shape index (κ1) is 17.4. The molecular formula is C15H30O3. The Kier molecular flexibility index (Phi) is 12.5. The molecule has 1 atom stereocenters. The summed E-state index contributed by atoms with van der Waals surface area (Å²) in [5.74, 6) is -0.908. The van der Waals surface area contributed by atoms with Crippen LogP contribution in [-0.2, 0) is 4.79 Å². The minimum atomic E-state index is -0.908. The van der Waals surface area contributed by atoms with Crippen molar-refractivity contribution < 1.29 is 15.0 Å². The van der Waals surface area contributed by atoms with Gasteiger partial charge in [-0.2, -0.15) is 0 Å². The van der Waals surface area contributed by atoms with Gasteiger partial charge in [0.25, 0.3) is 0 Å². The van der Waals surface area contributed by atoms with Gasteiger partial charge >= 0.3 is 5.97 Å². The van der Waals surface area contributed by atoms with Crippen LogP contribution in [-0.4, -0.2) is 22.3 Å². The Bertz CT molecular complexity index is 192. The van der Waals surface area contributed by atoms with E-state index in [9.17, 15) is 9.90 Å². The van der Waals surface area contributed by atoms with E-state index < -0.39 is 12.1 Å². The second kappa shape index (κ2) is 12.9. The van der Waals surface area contributed by atoms with Gasteiger partial charge in [0.2, 0.25) is 0 Å². The van der Waals surface area contributed by atoms with Crippen molar-refractivity contribution in [1.29, 1.82) is 0 Å². The first-order valence-electron chi connectivity index (χ1n) is 7.56. The van der Waals surface area contributed by atoms with E-state index in [1.165, 1.54) is 51.4 Å². The number of unbranched alkanes of at least 4 members (excludes halogenated alkanes) is 9. The van der Waals surface area contributed by atoms with Crippen molar-refractivity contribution in [3.8, 4) is 0 Å². The molecule has 0 fully saturated rings. The number of aliphatic carboxylic acids is 1. The number of hydrogen-bond acceptors (Lipinski definition) is 2. The van der Waals surface area contributed by atoms with Gasteiger partial charge in [-0.1, -0.05) is 71.1 Å². The van der Waals surface area contributed by atoms with Gasteiger partial charge in [0.1, 0.15) is 0 Å². The van der Waals surface area contributed by atoms with Crippen LogP contribution in [0.2, 0.25) is 0 Å². The lowest BCUT2D eigenvalue weighted by molar-refractivity contribution is -0.139. The quantitative estimate of drug-likeness (QED) is 0.488. The van der Waals surface area contributed by atoms with Crippen molar-refractivity contribution in [3.05, 3.63) is 0 Å². The minimum Gasteiger partial charge on any atom is -0.481 e. The molecule has 108 valence electrons. The third-order valence-corrected chi connectivity index (χ3v) is 3.30. The maximum absolute atomic E-state index is 10.3. The summed E-state index contributed by atoms with van der Waals surface area (Å²) in [5.41, 5.74) is 0. The molecule has 0 saturated heterocycles. The molecule has 1 unspecified atom stereocenters. The monoisotopic (exact) mass is 258 g/mol. The summed E-state index contributed by atoms with van der Waals surface area (Å²) in [6.07, 6.45) is 12.5. The summed E-state index contributed by atoms with van der Waals surface area (Å²) in [6.45, 7) is 2.23. The van der Waals surface area contributed by atoms with E-state index >= 15 is 0 Å². The van der Waals surface area contributed by atoms with Crippen LogP contribution in [0.3, 0.4) is 0 Å². The molecule has 0 radical (unpaired) electrons. The number of carboxylic acid groups (broad SMARTS) is 1. The fourth-order valence-corrected chi connectivity index (χ4v) is 2.17. The fraction of sp³-hybridized carbons (Fsp3) is 0.933. The molecule has 0 spiro atoms. The average molecular weight is 258 g/mol. The van der Waals surface area contributed by atoms with Crippen LogP contribution in [0.15, 0.2) is 0 Å². The van der Waals surface area contributed by atoms with Crippen LogP contribution >= 0.6 is 0 Å². The summed E-state index contributed by atoms with van der Waals surface area (Å²) in [6, 6.07) is 0. The molecule has 0 aliphatic heterocycles. The van der Waals surface area contributed by atoms with Crippen molar-refractivity contribution in [2.24, 2.45) is 0 Å². The Hall–Kier alpha value is -0.570. The van der Waals surface area contributed by atoms with Crippen LogP contribution in [0.5, 0.6) is 0 Å². The van der Waals surface area contributed by atoms with Gasteiger partial charge in [0.15, 0.2) is 0 Å². The largest absolute Gasteiger partial charge is 0.481 e. The number of aliphatic hydroxyl groups is 1. The van der Waals surface area contributed by atoms with E-state index in [1.807, 2.05) is 0 Å². The zero-order valence-electron chi connectivity index (χ0n) is 11.9. The summed E-state index contributed by atoms with van der Waals surface area (Å²) >= 11 is 0. The van der Waals surface area contributed by atoms with Crippen molar-refractivity contribution in [3.63, 3.8) is 0 Å². The molecule has 0 heterocycles. The predicted molar refractivity (Wildman–Crippen MR) is 74.7 cm³/mol. The lowest BCUT2D eigenvalue weighted by atomic mass is 10.0. The molecule has 0 aromatic carbocycles. The predicted octanol–water partition coefficient (Wildman–Crippen LogP) is 4.13. The van der Waals surface area contributed by atoms with Gasteiger partial charge in [-0.05, 0) is 6.42 Å². The number of hydrogen-bond donors (Lipinski definition) is 2. The van der Waals surface area contributed by atoms with Crippen LogP contribution < -0.4 is 0 Å². The Morgan fingerprint density at radius 3 is 1.78 bits per heavy atom. The number of aliphatic hydroxyl groups excluding tert-OH is 1. The molecule has 3 nitrogen and oxygen atoms in total. The average Bonchev–Trinajstić information content (AvgIpc) is 2.30.